The van der Waals surface area contributed by atoms with Crippen LogP contribution in [0.1, 0.15) is 18.4 Å². The molecule has 31 heavy (non-hydrogen) atoms. The predicted octanol–water partition coefficient (Wildman–Crippen LogP) is 5.50. The van der Waals surface area contributed by atoms with Crippen molar-refractivity contribution >= 4 is 17.3 Å². The highest BCUT2D eigenvalue weighted by molar-refractivity contribution is 6.33. The Morgan fingerprint density at radius 1 is 1.00 bits per heavy atom. The molecule has 1 aromatic heterocycles. The standard InChI is InChI=1S/C25H28ClN3O2/c1-30-23-15-19(16-24(31-2)25(23)26)22-14-18(8-11-27-22)17-29-12-9-21(10-13-29)28-20-6-4-3-5-7-20/h3-8,11,14-16,21,28H,9-10,12-13,17H2,1-2H3. The highest BCUT2D eigenvalue weighted by Crippen LogP contribution is 2.38. The first-order valence-electron chi connectivity index (χ1n) is 10.6. The number of halogens is 1. The van der Waals surface area contributed by atoms with Gasteiger partial charge in [-0.3, -0.25) is 9.88 Å². The summed E-state index contributed by atoms with van der Waals surface area (Å²) >= 11 is 6.31. The molecule has 0 bridgehead atoms. The lowest BCUT2D eigenvalue weighted by molar-refractivity contribution is 0.211. The van der Waals surface area contributed by atoms with E-state index >= 15 is 0 Å². The van der Waals surface area contributed by atoms with E-state index in [0.29, 0.717) is 22.6 Å². The van der Waals surface area contributed by atoms with Crippen molar-refractivity contribution in [2.75, 3.05) is 32.6 Å². The van der Waals surface area contributed by atoms with Gasteiger partial charge < -0.3 is 14.8 Å². The topological polar surface area (TPSA) is 46.6 Å². The number of benzene rings is 2. The van der Waals surface area contributed by atoms with E-state index in [0.717, 1.165) is 43.7 Å². The molecule has 1 fully saturated rings. The molecule has 2 heterocycles. The molecule has 0 radical (unpaired) electrons. The van der Waals surface area contributed by atoms with Gasteiger partial charge in [0.1, 0.15) is 16.5 Å². The summed E-state index contributed by atoms with van der Waals surface area (Å²) in [6.07, 6.45) is 4.14. The van der Waals surface area contributed by atoms with Crippen LogP contribution in [0.25, 0.3) is 11.3 Å². The van der Waals surface area contributed by atoms with Crippen molar-refractivity contribution in [2.45, 2.75) is 25.4 Å². The molecule has 1 saturated heterocycles. The van der Waals surface area contributed by atoms with Gasteiger partial charge in [-0.15, -0.1) is 0 Å². The van der Waals surface area contributed by atoms with E-state index < -0.39 is 0 Å². The summed E-state index contributed by atoms with van der Waals surface area (Å²) in [4.78, 5) is 7.06. The van der Waals surface area contributed by atoms with Crippen LogP contribution in [0.15, 0.2) is 60.8 Å². The molecule has 0 atom stereocenters. The van der Waals surface area contributed by atoms with Crippen molar-refractivity contribution in [3.05, 3.63) is 71.4 Å². The van der Waals surface area contributed by atoms with Gasteiger partial charge in [-0.1, -0.05) is 29.8 Å². The molecule has 1 aliphatic heterocycles. The average Bonchev–Trinajstić information content (AvgIpc) is 2.81. The van der Waals surface area contributed by atoms with Gasteiger partial charge in [0.25, 0.3) is 0 Å². The Bertz CT molecular complexity index is 980. The number of para-hydroxylation sites is 1. The SMILES string of the molecule is COc1cc(-c2cc(CN3CCC(Nc4ccccc4)CC3)ccn2)cc(OC)c1Cl. The number of methoxy groups -OCH3 is 2. The fraction of sp³-hybridized carbons (Fsp3) is 0.320. The number of nitrogens with zero attached hydrogens (tertiary/aromatic N) is 2. The van der Waals surface area contributed by atoms with Crippen LogP contribution >= 0.6 is 11.6 Å². The van der Waals surface area contributed by atoms with Gasteiger partial charge in [0.2, 0.25) is 0 Å². The maximum Gasteiger partial charge on any atom is 0.141 e. The van der Waals surface area contributed by atoms with Crippen molar-refractivity contribution in [3.63, 3.8) is 0 Å². The normalized spacial score (nSPS) is 14.9. The second-order valence-electron chi connectivity index (χ2n) is 7.80. The molecule has 4 rings (SSSR count). The number of likely N-dealkylation sites (tertiary alicyclic amines) is 1. The zero-order valence-corrected chi connectivity index (χ0v) is 18.7. The highest BCUT2D eigenvalue weighted by atomic mass is 35.5. The number of pyridine rings is 1. The summed E-state index contributed by atoms with van der Waals surface area (Å²) in [7, 11) is 3.20. The number of anilines is 1. The third-order valence-electron chi connectivity index (χ3n) is 5.70. The average molecular weight is 438 g/mol. The quantitative estimate of drug-likeness (QED) is 0.529. The Morgan fingerprint density at radius 3 is 2.32 bits per heavy atom. The molecule has 0 amide bonds. The number of aromatic nitrogens is 1. The van der Waals surface area contributed by atoms with Gasteiger partial charge >= 0.3 is 0 Å². The summed E-state index contributed by atoms with van der Waals surface area (Å²) in [5, 5.41) is 4.12. The summed E-state index contributed by atoms with van der Waals surface area (Å²) in [6, 6.07) is 19.0. The van der Waals surface area contributed by atoms with Gasteiger partial charge in [0, 0.05) is 43.1 Å². The molecule has 3 aromatic rings. The third kappa shape index (κ3) is 5.30. The summed E-state index contributed by atoms with van der Waals surface area (Å²) in [6.45, 7) is 3.06. The van der Waals surface area contributed by atoms with Crippen LogP contribution in [0, 0.1) is 0 Å². The fourth-order valence-corrected chi connectivity index (χ4v) is 4.27. The largest absolute Gasteiger partial charge is 0.495 e. The first kappa shape index (κ1) is 21.5. The molecule has 5 nitrogen and oxygen atoms in total. The van der Waals surface area contributed by atoms with E-state index in [1.807, 2.05) is 24.4 Å². The van der Waals surface area contributed by atoms with E-state index in [1.165, 1.54) is 11.3 Å². The third-order valence-corrected chi connectivity index (χ3v) is 6.08. The van der Waals surface area contributed by atoms with Gasteiger partial charge in [0.05, 0.1) is 19.9 Å². The molecular formula is C25H28ClN3O2. The van der Waals surface area contributed by atoms with Crippen LogP contribution in [0.4, 0.5) is 5.69 Å². The van der Waals surface area contributed by atoms with Crippen LogP contribution in [0.3, 0.4) is 0 Å². The second-order valence-corrected chi connectivity index (χ2v) is 8.18. The van der Waals surface area contributed by atoms with Crippen LogP contribution in [-0.2, 0) is 6.54 Å². The van der Waals surface area contributed by atoms with Crippen molar-refractivity contribution in [3.8, 4) is 22.8 Å². The van der Waals surface area contributed by atoms with Gasteiger partial charge in [-0.25, -0.2) is 0 Å². The molecule has 6 heteroatoms. The van der Waals surface area contributed by atoms with E-state index in [4.69, 9.17) is 21.1 Å². The molecule has 162 valence electrons. The molecule has 0 aliphatic carbocycles. The van der Waals surface area contributed by atoms with Gasteiger partial charge in [-0.05, 0) is 54.8 Å². The zero-order chi connectivity index (χ0) is 21.6. The summed E-state index contributed by atoms with van der Waals surface area (Å²) in [5.74, 6) is 1.16. The van der Waals surface area contributed by atoms with Crippen molar-refractivity contribution in [2.24, 2.45) is 0 Å². The number of ether oxygens (including phenoxy) is 2. The van der Waals surface area contributed by atoms with Crippen LogP contribution in [0.2, 0.25) is 5.02 Å². The molecular weight excluding hydrogens is 410 g/mol. The number of hydrogen-bond donors (Lipinski definition) is 1. The monoisotopic (exact) mass is 437 g/mol. The lowest BCUT2D eigenvalue weighted by Crippen LogP contribution is -2.38. The van der Waals surface area contributed by atoms with Crippen molar-refractivity contribution < 1.29 is 9.47 Å². The minimum atomic E-state index is 0.469. The number of rotatable bonds is 7. The van der Waals surface area contributed by atoms with Crippen LogP contribution in [0.5, 0.6) is 11.5 Å². The Balaban J connectivity index is 1.41. The Morgan fingerprint density at radius 2 is 1.68 bits per heavy atom. The Hall–Kier alpha value is -2.76. The molecule has 0 saturated carbocycles. The van der Waals surface area contributed by atoms with Crippen LogP contribution in [-0.4, -0.2) is 43.2 Å². The van der Waals surface area contributed by atoms with Crippen molar-refractivity contribution in [1.82, 2.24) is 9.88 Å². The summed E-state index contributed by atoms with van der Waals surface area (Å²) in [5.41, 5.74) is 4.25. The molecule has 2 aromatic carbocycles. The van der Waals surface area contributed by atoms with E-state index in [1.54, 1.807) is 14.2 Å². The number of hydrogen-bond acceptors (Lipinski definition) is 5. The maximum absolute atomic E-state index is 6.31. The fourth-order valence-electron chi connectivity index (χ4n) is 4.01. The molecule has 0 unspecified atom stereocenters. The molecule has 1 aliphatic rings. The Kier molecular flexibility index (Phi) is 6.95. The minimum absolute atomic E-state index is 0.469. The van der Waals surface area contributed by atoms with E-state index in [9.17, 15) is 0 Å². The summed E-state index contributed by atoms with van der Waals surface area (Å²) < 4.78 is 10.8. The minimum Gasteiger partial charge on any atom is -0.495 e. The highest BCUT2D eigenvalue weighted by Gasteiger charge is 2.19. The molecule has 0 spiro atoms. The molecule has 1 N–H and O–H groups in total. The lowest BCUT2D eigenvalue weighted by Gasteiger charge is -2.33. The second kappa shape index (κ2) is 10.0. The van der Waals surface area contributed by atoms with Gasteiger partial charge in [-0.2, -0.15) is 0 Å². The van der Waals surface area contributed by atoms with Gasteiger partial charge in [0.15, 0.2) is 0 Å². The van der Waals surface area contributed by atoms with Crippen LogP contribution < -0.4 is 14.8 Å². The smallest absolute Gasteiger partial charge is 0.141 e. The number of nitrogens with one attached hydrogen (secondary N) is 1. The van der Waals surface area contributed by atoms with Crippen molar-refractivity contribution in [1.29, 1.82) is 0 Å². The first-order valence-corrected chi connectivity index (χ1v) is 10.9. The lowest BCUT2D eigenvalue weighted by atomic mass is 10.0. The zero-order valence-electron chi connectivity index (χ0n) is 18.0. The Labute approximate surface area is 189 Å². The van der Waals surface area contributed by atoms with E-state index in [2.05, 4.69) is 51.6 Å². The predicted molar refractivity (Wildman–Crippen MR) is 126 cm³/mol. The van der Waals surface area contributed by atoms with E-state index in [-0.39, 0.29) is 0 Å². The first-order chi connectivity index (χ1) is 15.2. The maximum atomic E-state index is 6.31. The number of piperidine rings is 1.